The summed E-state index contributed by atoms with van der Waals surface area (Å²) < 4.78 is 0. The van der Waals surface area contributed by atoms with Crippen molar-refractivity contribution < 1.29 is 4.79 Å². The number of nitrogens with zero attached hydrogens (tertiary/aromatic N) is 4. The number of carbonyl (C=O) groups excluding carboxylic acids is 1. The van der Waals surface area contributed by atoms with Crippen LogP contribution in [0, 0.1) is 0 Å². The van der Waals surface area contributed by atoms with Crippen molar-refractivity contribution in [2.75, 3.05) is 45.8 Å². The molecule has 6 nitrogen and oxygen atoms in total. The minimum absolute atomic E-state index is 0.283. The summed E-state index contributed by atoms with van der Waals surface area (Å²) in [6.07, 6.45) is 13.1. The lowest BCUT2D eigenvalue weighted by molar-refractivity contribution is -0.134. The predicted molar refractivity (Wildman–Crippen MR) is 123 cm³/mol. The van der Waals surface area contributed by atoms with Gasteiger partial charge < -0.3 is 10.2 Å². The van der Waals surface area contributed by atoms with Crippen molar-refractivity contribution in [2.24, 2.45) is 4.99 Å². The largest absolute Gasteiger partial charge is 0.367 e. The highest BCUT2D eigenvalue weighted by Crippen LogP contribution is 2.25. The number of rotatable bonds is 5. The maximum Gasteiger partial charge on any atom is 0.236 e. The van der Waals surface area contributed by atoms with Gasteiger partial charge in [0.2, 0.25) is 5.91 Å². The Morgan fingerprint density at radius 3 is 2.40 bits per heavy atom. The summed E-state index contributed by atoms with van der Waals surface area (Å²) in [4.78, 5) is 24.8. The van der Waals surface area contributed by atoms with Crippen molar-refractivity contribution in [3.63, 3.8) is 0 Å². The van der Waals surface area contributed by atoms with Gasteiger partial charge in [0.25, 0.3) is 0 Å². The van der Waals surface area contributed by atoms with Gasteiger partial charge >= 0.3 is 0 Å². The Bertz CT molecular complexity index is 696. The zero-order chi connectivity index (χ0) is 20.9. The lowest BCUT2D eigenvalue weighted by atomic mass is 9.91. The number of allylic oxidation sites excluding steroid dienone is 2. The van der Waals surface area contributed by atoms with Crippen molar-refractivity contribution >= 4 is 11.6 Å². The minimum Gasteiger partial charge on any atom is -0.367 e. The van der Waals surface area contributed by atoms with Crippen LogP contribution in [0.4, 0.5) is 0 Å². The molecule has 2 aliphatic heterocycles. The van der Waals surface area contributed by atoms with Crippen molar-refractivity contribution in [1.82, 2.24) is 20.0 Å². The Morgan fingerprint density at radius 1 is 1.03 bits per heavy atom. The van der Waals surface area contributed by atoms with Gasteiger partial charge in [0.05, 0.1) is 6.54 Å². The van der Waals surface area contributed by atoms with Crippen LogP contribution in [-0.2, 0) is 4.79 Å². The number of nitrogens with one attached hydrogen (secondary N) is 1. The van der Waals surface area contributed by atoms with E-state index < -0.39 is 0 Å². The van der Waals surface area contributed by atoms with E-state index in [1.165, 1.54) is 44.1 Å². The topological polar surface area (TPSA) is 51.2 Å². The summed E-state index contributed by atoms with van der Waals surface area (Å²) in [5.41, 5.74) is 2.41. The number of carbonyl (C=O) groups is 1. The molecule has 1 saturated heterocycles. The second kappa shape index (κ2) is 10.1. The molecule has 2 saturated carbocycles. The Balaban J connectivity index is 1.31. The first-order chi connectivity index (χ1) is 14.6. The molecule has 0 unspecified atom stereocenters. The van der Waals surface area contributed by atoms with Crippen LogP contribution in [0.1, 0.15) is 58.8 Å². The first-order valence-electron chi connectivity index (χ1n) is 12.0. The minimum atomic E-state index is 0.283. The fourth-order valence-corrected chi connectivity index (χ4v) is 4.68. The lowest BCUT2D eigenvalue weighted by Crippen LogP contribution is -2.55. The molecule has 1 N–H and O–H groups in total. The zero-order valence-corrected chi connectivity index (χ0v) is 18.9. The number of hydrogen-bond donors (Lipinski definition) is 1. The Kier molecular flexibility index (Phi) is 7.26. The first kappa shape index (κ1) is 21.6. The van der Waals surface area contributed by atoms with Gasteiger partial charge in [-0.3, -0.25) is 14.6 Å². The Labute approximate surface area is 182 Å². The van der Waals surface area contributed by atoms with E-state index >= 15 is 0 Å². The van der Waals surface area contributed by atoms with E-state index in [0.717, 1.165) is 63.3 Å². The van der Waals surface area contributed by atoms with Crippen LogP contribution in [0.3, 0.4) is 0 Å². The molecule has 4 rings (SSSR count). The third-order valence-corrected chi connectivity index (χ3v) is 7.17. The fraction of sp³-hybridized carbons (Fsp3) is 0.750. The molecule has 0 radical (unpaired) electrons. The van der Waals surface area contributed by atoms with Crippen LogP contribution < -0.4 is 5.32 Å². The van der Waals surface area contributed by atoms with Crippen LogP contribution >= 0.6 is 0 Å². The molecular formula is C24H39N5O. The normalized spacial score (nSPS) is 30.7. The number of hydrogen-bond acceptors (Lipinski definition) is 5. The molecule has 1 amide bonds. The highest BCUT2D eigenvalue weighted by molar-refractivity contribution is 5.83. The van der Waals surface area contributed by atoms with Gasteiger partial charge in [0.1, 0.15) is 5.82 Å². The predicted octanol–water partition coefficient (Wildman–Crippen LogP) is 2.78. The van der Waals surface area contributed by atoms with E-state index in [0.29, 0.717) is 12.6 Å². The number of aliphatic imine (C=N–C) groups is 1. The molecule has 6 heteroatoms. The maximum absolute atomic E-state index is 13.0. The first-order valence-corrected chi connectivity index (χ1v) is 12.0. The van der Waals surface area contributed by atoms with Crippen molar-refractivity contribution in [3.05, 3.63) is 23.5 Å². The standard InChI is InChI=1S/C24H39N5O/c1-19-9-10-23(26-21-5-3-6-21)25-20(2)11-12-27(17-19)18-24(30)29-15-13-28(14-16-29)22-7-4-8-22/h9-10,21-22,26H,3-8,11-18H2,1-2H3/b19-9+,23-10+,25-20+. The summed E-state index contributed by atoms with van der Waals surface area (Å²) >= 11 is 0. The second-order valence-corrected chi connectivity index (χ2v) is 9.65. The molecule has 3 fully saturated rings. The third-order valence-electron chi connectivity index (χ3n) is 7.17. The average molecular weight is 414 g/mol. The number of amides is 1. The van der Waals surface area contributed by atoms with Crippen LogP contribution in [0.15, 0.2) is 28.5 Å². The van der Waals surface area contributed by atoms with Crippen molar-refractivity contribution in [3.8, 4) is 0 Å². The molecule has 0 bridgehead atoms. The van der Waals surface area contributed by atoms with E-state index in [1.54, 1.807) is 0 Å². The highest BCUT2D eigenvalue weighted by atomic mass is 16.2. The summed E-state index contributed by atoms with van der Waals surface area (Å²) in [5.74, 6) is 1.27. The molecule has 0 spiro atoms. The second-order valence-electron chi connectivity index (χ2n) is 9.65. The molecule has 30 heavy (non-hydrogen) atoms. The van der Waals surface area contributed by atoms with E-state index in [1.807, 2.05) is 0 Å². The van der Waals surface area contributed by atoms with E-state index in [4.69, 9.17) is 4.99 Å². The molecule has 4 aliphatic rings. The van der Waals surface area contributed by atoms with Crippen LogP contribution in [-0.4, -0.2) is 84.2 Å². The van der Waals surface area contributed by atoms with E-state index in [2.05, 4.69) is 46.0 Å². The van der Waals surface area contributed by atoms with Gasteiger partial charge in [0, 0.05) is 57.1 Å². The van der Waals surface area contributed by atoms with E-state index in [-0.39, 0.29) is 5.91 Å². The van der Waals surface area contributed by atoms with Crippen LogP contribution in [0.2, 0.25) is 0 Å². The Morgan fingerprint density at radius 2 is 1.77 bits per heavy atom. The van der Waals surface area contributed by atoms with Gasteiger partial charge in [-0.1, -0.05) is 18.1 Å². The molecule has 2 heterocycles. The molecule has 0 aromatic carbocycles. The molecule has 2 aliphatic carbocycles. The van der Waals surface area contributed by atoms with Crippen molar-refractivity contribution in [2.45, 2.75) is 70.9 Å². The maximum atomic E-state index is 13.0. The van der Waals surface area contributed by atoms with Gasteiger partial charge in [-0.15, -0.1) is 0 Å². The lowest BCUT2D eigenvalue weighted by Gasteiger charge is -2.43. The fourth-order valence-electron chi connectivity index (χ4n) is 4.68. The SMILES string of the molecule is C\C1=C/C=C(NC2CCC2)\N=C(/C)CCN(CC(=O)N2CCN(C3CCC3)CC2)C1. The van der Waals surface area contributed by atoms with Gasteiger partial charge in [-0.25, -0.2) is 4.99 Å². The Hall–Kier alpha value is -1.66. The summed E-state index contributed by atoms with van der Waals surface area (Å²) in [6.45, 7) is 10.4. The van der Waals surface area contributed by atoms with Gasteiger partial charge in [-0.2, -0.15) is 0 Å². The number of piperazine rings is 1. The van der Waals surface area contributed by atoms with Gasteiger partial charge in [-0.05, 0) is 58.4 Å². The molecule has 0 aromatic rings. The van der Waals surface area contributed by atoms with Crippen LogP contribution in [0.25, 0.3) is 0 Å². The van der Waals surface area contributed by atoms with Crippen molar-refractivity contribution in [1.29, 1.82) is 0 Å². The monoisotopic (exact) mass is 413 g/mol. The van der Waals surface area contributed by atoms with Gasteiger partial charge in [0.15, 0.2) is 0 Å². The molecule has 0 aromatic heterocycles. The molecule has 0 atom stereocenters. The third kappa shape index (κ3) is 5.73. The highest BCUT2D eigenvalue weighted by Gasteiger charge is 2.29. The molecule has 166 valence electrons. The smallest absolute Gasteiger partial charge is 0.236 e. The quantitative estimate of drug-likeness (QED) is 0.753. The van der Waals surface area contributed by atoms with Crippen LogP contribution in [0.5, 0.6) is 0 Å². The van der Waals surface area contributed by atoms with E-state index in [9.17, 15) is 4.79 Å². The summed E-state index contributed by atoms with van der Waals surface area (Å²) in [7, 11) is 0. The summed E-state index contributed by atoms with van der Waals surface area (Å²) in [5, 5.41) is 3.58. The summed E-state index contributed by atoms with van der Waals surface area (Å²) in [6, 6.07) is 1.37. The average Bonchev–Trinajstić information content (AvgIpc) is 2.65. The molecular weight excluding hydrogens is 374 g/mol. The zero-order valence-electron chi connectivity index (χ0n) is 18.9.